The van der Waals surface area contributed by atoms with E-state index in [9.17, 15) is 13.2 Å². The Morgan fingerprint density at radius 2 is 1.81 bits per heavy atom. The summed E-state index contributed by atoms with van der Waals surface area (Å²) in [5.74, 6) is 0.724. The zero-order valence-corrected chi connectivity index (χ0v) is 16.9. The summed E-state index contributed by atoms with van der Waals surface area (Å²) in [6.45, 7) is 0.556. The Morgan fingerprint density at radius 1 is 1.15 bits per heavy atom. The number of sulfone groups is 1. The lowest BCUT2D eigenvalue weighted by atomic mass is 9.82. The number of hydrogen-bond acceptors (Lipinski definition) is 5. The first kappa shape index (κ1) is 18.5. The van der Waals surface area contributed by atoms with E-state index in [-0.39, 0.29) is 23.9 Å². The highest BCUT2D eigenvalue weighted by molar-refractivity contribution is 7.92. The van der Waals surface area contributed by atoms with E-state index in [2.05, 4.69) is 0 Å². The van der Waals surface area contributed by atoms with Crippen molar-refractivity contribution in [3.8, 4) is 5.75 Å². The molecule has 0 atom stereocenters. The van der Waals surface area contributed by atoms with E-state index in [1.165, 1.54) is 0 Å². The molecule has 1 aromatic heterocycles. The molecule has 2 aliphatic rings. The normalized spacial score (nSPS) is 19.7. The molecule has 0 unspecified atom stereocenters. The van der Waals surface area contributed by atoms with Gasteiger partial charge in [0.2, 0.25) is 5.91 Å². The SMILES string of the molecule is COc1ccc(S(=O)(=O)C2CN(C(=O)C3(c4cccs4)CCCC3)C2)cc1. The number of carbonyl (C=O) groups is 1. The van der Waals surface area contributed by atoms with Crippen molar-refractivity contribution < 1.29 is 17.9 Å². The van der Waals surface area contributed by atoms with Crippen LogP contribution < -0.4 is 4.74 Å². The number of benzene rings is 1. The van der Waals surface area contributed by atoms with E-state index >= 15 is 0 Å². The first-order chi connectivity index (χ1) is 13.0. The molecule has 1 aromatic carbocycles. The maximum absolute atomic E-state index is 13.3. The lowest BCUT2D eigenvalue weighted by Gasteiger charge is -2.43. The number of rotatable bonds is 5. The van der Waals surface area contributed by atoms with Gasteiger partial charge in [0.05, 0.1) is 17.4 Å². The van der Waals surface area contributed by atoms with Gasteiger partial charge >= 0.3 is 0 Å². The zero-order chi connectivity index (χ0) is 19.1. The second-order valence-corrected chi connectivity index (χ2v) is 10.5. The van der Waals surface area contributed by atoms with Crippen LogP contribution in [-0.4, -0.2) is 44.7 Å². The minimum Gasteiger partial charge on any atom is -0.497 e. The Balaban J connectivity index is 1.49. The third-order valence-corrected chi connectivity index (χ3v) is 9.00. The summed E-state index contributed by atoms with van der Waals surface area (Å²) >= 11 is 1.63. The maximum atomic E-state index is 13.3. The van der Waals surface area contributed by atoms with Crippen LogP contribution in [0.5, 0.6) is 5.75 Å². The number of nitrogens with zero attached hydrogens (tertiary/aromatic N) is 1. The van der Waals surface area contributed by atoms with Gasteiger partial charge in [-0.3, -0.25) is 4.79 Å². The van der Waals surface area contributed by atoms with Crippen LogP contribution in [-0.2, 0) is 20.0 Å². The van der Waals surface area contributed by atoms with Gasteiger partial charge < -0.3 is 9.64 Å². The molecule has 2 aromatic rings. The Labute approximate surface area is 163 Å². The summed E-state index contributed by atoms with van der Waals surface area (Å²) in [5, 5.41) is 1.48. The molecule has 27 heavy (non-hydrogen) atoms. The fourth-order valence-electron chi connectivity index (χ4n) is 4.16. The number of thiophene rings is 1. The molecule has 1 saturated heterocycles. The number of ether oxygens (including phenoxy) is 1. The molecule has 7 heteroatoms. The largest absolute Gasteiger partial charge is 0.497 e. The minimum atomic E-state index is -3.44. The fraction of sp³-hybridized carbons (Fsp3) is 0.450. The molecule has 0 radical (unpaired) electrons. The standard InChI is InChI=1S/C20H23NO4S2/c1-25-15-6-8-16(9-7-15)27(23,24)17-13-21(14-17)19(22)20(10-2-3-11-20)18-5-4-12-26-18/h4-9,12,17H,2-3,10-11,13-14H2,1H3. The molecule has 1 saturated carbocycles. The number of amides is 1. The molecule has 0 spiro atoms. The molecule has 1 aliphatic carbocycles. The molecule has 0 bridgehead atoms. The van der Waals surface area contributed by atoms with Crippen LogP contribution in [0.1, 0.15) is 30.6 Å². The first-order valence-corrected chi connectivity index (χ1v) is 11.6. The first-order valence-electron chi connectivity index (χ1n) is 9.19. The quantitative estimate of drug-likeness (QED) is 0.766. The Morgan fingerprint density at radius 3 is 2.37 bits per heavy atom. The predicted octanol–water partition coefficient (Wildman–Crippen LogP) is 3.25. The van der Waals surface area contributed by atoms with E-state index in [1.807, 2.05) is 17.5 Å². The Hall–Kier alpha value is -1.86. The van der Waals surface area contributed by atoms with Crippen molar-refractivity contribution in [2.75, 3.05) is 20.2 Å². The summed E-state index contributed by atoms with van der Waals surface area (Å²) in [4.78, 5) is 16.4. The van der Waals surface area contributed by atoms with Crippen molar-refractivity contribution in [3.05, 3.63) is 46.7 Å². The van der Waals surface area contributed by atoms with Crippen LogP contribution in [0, 0.1) is 0 Å². The third kappa shape index (κ3) is 3.06. The van der Waals surface area contributed by atoms with Gasteiger partial charge in [0, 0.05) is 18.0 Å². The van der Waals surface area contributed by atoms with Crippen molar-refractivity contribution in [3.63, 3.8) is 0 Å². The van der Waals surface area contributed by atoms with Gasteiger partial charge in [-0.2, -0.15) is 0 Å². The highest BCUT2D eigenvalue weighted by atomic mass is 32.2. The second kappa shape index (κ2) is 6.95. The second-order valence-electron chi connectivity index (χ2n) is 7.32. The molecule has 2 fully saturated rings. The van der Waals surface area contributed by atoms with Gasteiger partial charge in [-0.05, 0) is 48.6 Å². The van der Waals surface area contributed by atoms with Gasteiger partial charge in [0.25, 0.3) is 0 Å². The topological polar surface area (TPSA) is 63.7 Å². The molecular weight excluding hydrogens is 382 g/mol. The maximum Gasteiger partial charge on any atom is 0.234 e. The number of hydrogen-bond donors (Lipinski definition) is 0. The fourth-order valence-corrected chi connectivity index (χ4v) is 6.79. The average molecular weight is 406 g/mol. The zero-order valence-electron chi connectivity index (χ0n) is 15.3. The molecule has 4 rings (SSSR count). The summed E-state index contributed by atoms with van der Waals surface area (Å²) < 4.78 is 30.8. The van der Waals surface area contributed by atoms with Gasteiger partial charge in [-0.15, -0.1) is 11.3 Å². The van der Waals surface area contributed by atoms with Crippen LogP contribution in [0.2, 0.25) is 0 Å². The summed E-state index contributed by atoms with van der Waals surface area (Å²) in [6.07, 6.45) is 3.81. The van der Waals surface area contributed by atoms with Gasteiger partial charge in [-0.25, -0.2) is 8.42 Å². The highest BCUT2D eigenvalue weighted by Crippen LogP contribution is 2.45. The minimum absolute atomic E-state index is 0.101. The molecule has 2 heterocycles. The number of carbonyl (C=O) groups excluding carboxylic acids is 1. The van der Waals surface area contributed by atoms with Crippen molar-refractivity contribution in [1.82, 2.24) is 4.90 Å². The van der Waals surface area contributed by atoms with E-state index in [0.29, 0.717) is 5.75 Å². The highest BCUT2D eigenvalue weighted by Gasteiger charge is 2.50. The van der Waals surface area contributed by atoms with Crippen molar-refractivity contribution in [2.45, 2.75) is 41.2 Å². The number of methoxy groups -OCH3 is 1. The van der Waals surface area contributed by atoms with Crippen LogP contribution in [0.3, 0.4) is 0 Å². The smallest absolute Gasteiger partial charge is 0.234 e. The van der Waals surface area contributed by atoms with Crippen LogP contribution in [0.25, 0.3) is 0 Å². The molecule has 1 amide bonds. The monoisotopic (exact) mass is 405 g/mol. The molecule has 0 N–H and O–H groups in total. The van der Waals surface area contributed by atoms with E-state index in [1.54, 1.807) is 47.6 Å². The summed E-state index contributed by atoms with van der Waals surface area (Å²) in [7, 11) is -1.89. The molecule has 144 valence electrons. The van der Waals surface area contributed by atoms with Crippen LogP contribution in [0.4, 0.5) is 0 Å². The average Bonchev–Trinajstić information content (AvgIpc) is 3.32. The van der Waals surface area contributed by atoms with E-state index < -0.39 is 20.5 Å². The van der Waals surface area contributed by atoms with Crippen molar-refractivity contribution in [1.29, 1.82) is 0 Å². The Kier molecular flexibility index (Phi) is 4.76. The molecule has 1 aliphatic heterocycles. The van der Waals surface area contributed by atoms with Gasteiger partial charge in [-0.1, -0.05) is 18.9 Å². The van der Waals surface area contributed by atoms with Crippen molar-refractivity contribution in [2.24, 2.45) is 0 Å². The summed E-state index contributed by atoms with van der Waals surface area (Å²) in [6, 6.07) is 10.5. The lowest BCUT2D eigenvalue weighted by Crippen LogP contribution is -2.60. The molecule has 5 nitrogen and oxygen atoms in total. The lowest BCUT2D eigenvalue weighted by molar-refractivity contribution is -0.140. The van der Waals surface area contributed by atoms with Crippen molar-refractivity contribution >= 4 is 27.1 Å². The predicted molar refractivity (Wildman–Crippen MR) is 105 cm³/mol. The number of likely N-dealkylation sites (tertiary alicyclic amines) is 1. The van der Waals surface area contributed by atoms with Crippen LogP contribution >= 0.6 is 11.3 Å². The van der Waals surface area contributed by atoms with Gasteiger partial charge in [0.15, 0.2) is 9.84 Å². The van der Waals surface area contributed by atoms with E-state index in [4.69, 9.17) is 4.74 Å². The molecular formula is C20H23NO4S2. The van der Waals surface area contributed by atoms with Crippen LogP contribution in [0.15, 0.2) is 46.7 Å². The van der Waals surface area contributed by atoms with E-state index in [0.717, 1.165) is 30.6 Å². The summed E-state index contributed by atoms with van der Waals surface area (Å²) in [5.41, 5.74) is -0.441. The Bertz CT molecular complexity index is 907. The van der Waals surface area contributed by atoms with Gasteiger partial charge in [0.1, 0.15) is 11.0 Å². The third-order valence-electron chi connectivity index (χ3n) is 5.82.